The van der Waals surface area contributed by atoms with Crippen molar-refractivity contribution < 1.29 is 0 Å². The lowest BCUT2D eigenvalue weighted by atomic mass is 9.67. The van der Waals surface area contributed by atoms with Gasteiger partial charge in [0.15, 0.2) is 5.82 Å². The zero-order valence-electron chi connectivity index (χ0n) is 30.2. The average molecular weight is 701 g/mol. The molecular weight excluding hydrogens is 665 g/mol. The molecule has 1 aromatic heterocycles. The summed E-state index contributed by atoms with van der Waals surface area (Å²) >= 11 is 0. The highest BCUT2D eigenvalue weighted by Crippen LogP contribution is 2.56. The fourth-order valence-corrected chi connectivity index (χ4v) is 8.41. The van der Waals surface area contributed by atoms with Crippen LogP contribution in [0.5, 0.6) is 0 Å². The Morgan fingerprint density at radius 2 is 0.727 bits per heavy atom. The van der Waals surface area contributed by atoms with Gasteiger partial charge in [0.1, 0.15) is 0 Å². The van der Waals surface area contributed by atoms with E-state index in [1.54, 1.807) is 0 Å². The van der Waals surface area contributed by atoms with Crippen molar-refractivity contribution in [2.75, 3.05) is 0 Å². The van der Waals surface area contributed by atoms with E-state index in [-0.39, 0.29) is 0 Å². The molecule has 0 radical (unpaired) electrons. The monoisotopic (exact) mass is 700 g/mol. The molecule has 0 spiro atoms. The van der Waals surface area contributed by atoms with Crippen molar-refractivity contribution in [1.82, 2.24) is 9.97 Å². The summed E-state index contributed by atoms with van der Waals surface area (Å²) < 4.78 is 0. The Hall–Kier alpha value is -7.16. The average Bonchev–Trinajstić information content (AvgIpc) is 3.58. The minimum absolute atomic E-state index is 0.454. The van der Waals surface area contributed by atoms with Crippen LogP contribution in [0.3, 0.4) is 0 Å². The molecule has 10 rings (SSSR count). The van der Waals surface area contributed by atoms with Crippen LogP contribution in [0.4, 0.5) is 0 Å². The van der Waals surface area contributed by atoms with Crippen molar-refractivity contribution in [3.05, 3.63) is 241 Å². The summed E-state index contributed by atoms with van der Waals surface area (Å²) in [6.07, 6.45) is 0. The molecule has 0 unspecified atom stereocenters. The molecule has 0 bridgehead atoms. The van der Waals surface area contributed by atoms with Gasteiger partial charge in [-0.2, -0.15) is 0 Å². The van der Waals surface area contributed by atoms with E-state index in [4.69, 9.17) is 9.97 Å². The maximum Gasteiger partial charge on any atom is 0.160 e. The quantitative estimate of drug-likeness (QED) is 0.165. The van der Waals surface area contributed by atoms with Gasteiger partial charge in [0.2, 0.25) is 0 Å². The van der Waals surface area contributed by atoms with Gasteiger partial charge in [-0.15, -0.1) is 0 Å². The van der Waals surface area contributed by atoms with E-state index >= 15 is 0 Å². The van der Waals surface area contributed by atoms with E-state index in [0.29, 0.717) is 5.82 Å². The summed E-state index contributed by atoms with van der Waals surface area (Å²) in [5.41, 5.74) is 16.7. The van der Waals surface area contributed by atoms with Crippen molar-refractivity contribution in [3.63, 3.8) is 0 Å². The largest absolute Gasteiger partial charge is 0.228 e. The number of rotatable bonds is 7. The Kier molecular flexibility index (Phi) is 8.08. The van der Waals surface area contributed by atoms with Crippen molar-refractivity contribution >= 4 is 0 Å². The highest BCUT2D eigenvalue weighted by Gasteiger charge is 2.46. The maximum absolute atomic E-state index is 5.21. The molecule has 0 saturated heterocycles. The molecule has 9 aromatic rings. The molecule has 258 valence electrons. The predicted octanol–water partition coefficient (Wildman–Crippen LogP) is 13.2. The SMILES string of the molecule is c1ccc(-c2ccc(-c3nc(-c4ccccc4)cc(-c4cccc(-c5ccc6c(c5)C(c5ccccc5)(c5ccccc5)c5ccccc5-6)c4)n3)cc2)cc1. The molecule has 0 atom stereocenters. The second-order valence-electron chi connectivity index (χ2n) is 14.1. The number of benzene rings is 8. The molecule has 0 saturated carbocycles. The number of hydrogen-bond donors (Lipinski definition) is 0. The normalized spacial score (nSPS) is 12.5. The standard InChI is InChI=1S/C53H36N2/c1-5-16-37(17-6-1)38-28-30-40(31-29-38)52-54-50(39-18-7-2-8-19-39)36-51(55-52)43-21-15-20-41(34-43)42-32-33-47-46-26-13-14-27-48(46)53(49(47)35-42,44-22-9-3-10-23-44)45-24-11-4-12-25-45/h1-36H. The molecule has 2 nitrogen and oxygen atoms in total. The first-order chi connectivity index (χ1) is 27.3. The third kappa shape index (κ3) is 5.67. The third-order valence-electron chi connectivity index (χ3n) is 11.0. The number of fused-ring (bicyclic) bond motifs is 3. The van der Waals surface area contributed by atoms with Gasteiger partial charge in [-0.3, -0.25) is 0 Å². The first kappa shape index (κ1) is 32.5. The summed E-state index contributed by atoms with van der Waals surface area (Å²) in [4.78, 5) is 10.3. The van der Waals surface area contributed by atoms with E-state index in [0.717, 1.165) is 39.2 Å². The van der Waals surface area contributed by atoms with Crippen LogP contribution in [0, 0.1) is 0 Å². The van der Waals surface area contributed by atoms with Crippen molar-refractivity contribution in [3.8, 4) is 67.3 Å². The zero-order chi connectivity index (χ0) is 36.6. The second kappa shape index (κ2) is 13.7. The van der Waals surface area contributed by atoms with Crippen LogP contribution in [0.1, 0.15) is 22.3 Å². The van der Waals surface area contributed by atoms with Gasteiger partial charge in [0.25, 0.3) is 0 Å². The Labute approximate surface area is 322 Å². The zero-order valence-corrected chi connectivity index (χ0v) is 30.2. The molecule has 2 heteroatoms. The first-order valence-electron chi connectivity index (χ1n) is 18.8. The lowest BCUT2D eigenvalue weighted by Gasteiger charge is -2.34. The minimum Gasteiger partial charge on any atom is -0.228 e. The van der Waals surface area contributed by atoms with Gasteiger partial charge in [-0.05, 0) is 73.8 Å². The second-order valence-corrected chi connectivity index (χ2v) is 14.1. The van der Waals surface area contributed by atoms with Gasteiger partial charge >= 0.3 is 0 Å². The van der Waals surface area contributed by atoms with Crippen LogP contribution in [0.25, 0.3) is 67.3 Å². The Morgan fingerprint density at radius 1 is 0.273 bits per heavy atom. The van der Waals surface area contributed by atoms with Crippen LogP contribution in [0.15, 0.2) is 218 Å². The van der Waals surface area contributed by atoms with Crippen molar-refractivity contribution in [1.29, 1.82) is 0 Å². The van der Waals surface area contributed by atoms with E-state index in [9.17, 15) is 0 Å². The molecule has 0 aliphatic heterocycles. The van der Waals surface area contributed by atoms with Crippen LogP contribution >= 0.6 is 0 Å². The van der Waals surface area contributed by atoms with E-state index in [1.807, 2.05) is 12.1 Å². The minimum atomic E-state index is -0.454. The van der Waals surface area contributed by atoms with E-state index < -0.39 is 5.41 Å². The lowest BCUT2D eigenvalue weighted by Crippen LogP contribution is -2.28. The summed E-state index contributed by atoms with van der Waals surface area (Å²) in [6.45, 7) is 0. The van der Waals surface area contributed by atoms with Crippen molar-refractivity contribution in [2.24, 2.45) is 0 Å². The number of aromatic nitrogens is 2. The molecule has 8 aromatic carbocycles. The summed E-state index contributed by atoms with van der Waals surface area (Å²) in [6, 6.07) is 78.2. The van der Waals surface area contributed by atoms with Crippen LogP contribution in [0.2, 0.25) is 0 Å². The van der Waals surface area contributed by atoms with Gasteiger partial charge in [0, 0.05) is 16.7 Å². The molecular formula is C53H36N2. The smallest absolute Gasteiger partial charge is 0.160 e. The van der Waals surface area contributed by atoms with Crippen LogP contribution in [-0.2, 0) is 5.41 Å². The Morgan fingerprint density at radius 3 is 1.40 bits per heavy atom. The fraction of sp³-hybridized carbons (Fsp3) is 0.0189. The van der Waals surface area contributed by atoms with E-state index in [1.165, 1.54) is 44.5 Å². The Bertz CT molecular complexity index is 2740. The predicted molar refractivity (Wildman–Crippen MR) is 227 cm³/mol. The highest BCUT2D eigenvalue weighted by atomic mass is 14.9. The molecule has 55 heavy (non-hydrogen) atoms. The van der Waals surface area contributed by atoms with Gasteiger partial charge < -0.3 is 0 Å². The fourth-order valence-electron chi connectivity index (χ4n) is 8.41. The molecule has 0 fully saturated rings. The molecule has 1 heterocycles. The molecule has 1 aliphatic carbocycles. The van der Waals surface area contributed by atoms with Crippen LogP contribution < -0.4 is 0 Å². The topological polar surface area (TPSA) is 25.8 Å². The van der Waals surface area contributed by atoms with Gasteiger partial charge in [-0.1, -0.05) is 200 Å². The maximum atomic E-state index is 5.21. The molecule has 0 amide bonds. The first-order valence-corrected chi connectivity index (χ1v) is 18.8. The third-order valence-corrected chi connectivity index (χ3v) is 11.0. The molecule has 0 N–H and O–H groups in total. The van der Waals surface area contributed by atoms with E-state index in [2.05, 4.69) is 206 Å². The number of nitrogens with zero attached hydrogens (tertiary/aromatic N) is 2. The summed E-state index contributed by atoms with van der Waals surface area (Å²) in [7, 11) is 0. The summed E-state index contributed by atoms with van der Waals surface area (Å²) in [5, 5.41) is 0. The van der Waals surface area contributed by atoms with Gasteiger partial charge in [-0.25, -0.2) is 9.97 Å². The Balaban J connectivity index is 1.11. The number of hydrogen-bond acceptors (Lipinski definition) is 2. The molecule has 1 aliphatic rings. The highest BCUT2D eigenvalue weighted by molar-refractivity contribution is 5.89. The van der Waals surface area contributed by atoms with Crippen molar-refractivity contribution in [2.45, 2.75) is 5.41 Å². The lowest BCUT2D eigenvalue weighted by molar-refractivity contribution is 0.769. The van der Waals surface area contributed by atoms with Gasteiger partial charge in [0.05, 0.1) is 16.8 Å². The van der Waals surface area contributed by atoms with Crippen LogP contribution in [-0.4, -0.2) is 9.97 Å². The summed E-state index contributed by atoms with van der Waals surface area (Å²) in [5.74, 6) is 0.701.